The van der Waals surface area contributed by atoms with Gasteiger partial charge >= 0.3 is 0 Å². The van der Waals surface area contributed by atoms with Gasteiger partial charge in [0.2, 0.25) is 5.91 Å². The van der Waals surface area contributed by atoms with Crippen molar-refractivity contribution in [1.29, 1.82) is 0 Å². The highest BCUT2D eigenvalue weighted by atomic mass is 16.6. The lowest BCUT2D eigenvalue weighted by Gasteiger charge is -2.39. The van der Waals surface area contributed by atoms with E-state index in [0.29, 0.717) is 0 Å². The van der Waals surface area contributed by atoms with Crippen LogP contribution in [0.3, 0.4) is 0 Å². The molecule has 0 bridgehead atoms. The molecule has 82 valence electrons. The zero-order valence-corrected chi connectivity index (χ0v) is 7.83. The summed E-state index contributed by atoms with van der Waals surface area (Å²) in [6.45, 7) is 1.60. The number of nitrogens with two attached hydrogens (primary N) is 1. The van der Waals surface area contributed by atoms with Crippen molar-refractivity contribution >= 4 is 5.91 Å². The predicted molar refractivity (Wildman–Crippen MR) is 45.9 cm³/mol. The highest BCUT2D eigenvalue weighted by Gasteiger charge is 2.42. The zero-order valence-electron chi connectivity index (χ0n) is 7.83. The zero-order chi connectivity index (χ0) is 10.9. The average Bonchev–Trinajstić information content (AvgIpc) is 2.09. The molecule has 6 heteroatoms. The monoisotopic (exact) mass is 205 g/mol. The second-order valence-corrected chi connectivity index (χ2v) is 3.55. The van der Waals surface area contributed by atoms with Crippen LogP contribution in [0, 0.1) is 5.92 Å². The van der Waals surface area contributed by atoms with E-state index in [1.807, 2.05) is 0 Å². The van der Waals surface area contributed by atoms with E-state index in [1.54, 1.807) is 6.92 Å². The molecule has 5 N–H and O–H groups in total. The molecule has 5 unspecified atom stereocenters. The minimum Gasteiger partial charge on any atom is -0.390 e. The molecule has 0 aliphatic carbocycles. The molecule has 1 saturated heterocycles. The molecule has 5 atom stereocenters. The van der Waals surface area contributed by atoms with Crippen molar-refractivity contribution in [2.24, 2.45) is 11.7 Å². The summed E-state index contributed by atoms with van der Waals surface area (Å²) in [4.78, 5) is 10.7. The van der Waals surface area contributed by atoms with Crippen LogP contribution in [0.15, 0.2) is 0 Å². The lowest BCUT2D eigenvalue weighted by molar-refractivity contribution is -0.264. The van der Waals surface area contributed by atoms with Crippen molar-refractivity contribution in [1.82, 2.24) is 0 Å². The smallest absolute Gasteiger partial charge is 0.217 e. The first-order chi connectivity index (χ1) is 6.43. The molecule has 0 aromatic carbocycles. The van der Waals surface area contributed by atoms with E-state index >= 15 is 0 Å². The third-order valence-corrected chi connectivity index (χ3v) is 2.47. The molecule has 1 amide bonds. The quantitative estimate of drug-likeness (QED) is 0.414. The molecule has 14 heavy (non-hydrogen) atoms. The van der Waals surface area contributed by atoms with Gasteiger partial charge in [-0.15, -0.1) is 0 Å². The first-order valence-corrected chi connectivity index (χ1v) is 4.41. The summed E-state index contributed by atoms with van der Waals surface area (Å²) in [7, 11) is 0. The summed E-state index contributed by atoms with van der Waals surface area (Å²) in [5, 5.41) is 27.9. The van der Waals surface area contributed by atoms with Gasteiger partial charge in [0.15, 0.2) is 6.29 Å². The molecule has 1 fully saturated rings. The molecule has 6 nitrogen and oxygen atoms in total. The molecule has 0 aromatic heterocycles. The maximum absolute atomic E-state index is 10.7. The largest absolute Gasteiger partial charge is 0.390 e. The van der Waals surface area contributed by atoms with Crippen molar-refractivity contribution < 1.29 is 24.9 Å². The third-order valence-electron chi connectivity index (χ3n) is 2.47. The number of carbonyl (C=O) groups excluding carboxylic acids is 1. The Morgan fingerprint density at radius 2 is 1.93 bits per heavy atom. The van der Waals surface area contributed by atoms with Crippen LogP contribution in [0.1, 0.15) is 13.3 Å². The summed E-state index contributed by atoms with van der Waals surface area (Å²) in [5.41, 5.74) is 4.98. The third kappa shape index (κ3) is 2.21. The van der Waals surface area contributed by atoms with Crippen LogP contribution < -0.4 is 5.73 Å². The Labute approximate surface area is 81.3 Å². The molecular weight excluding hydrogens is 190 g/mol. The van der Waals surface area contributed by atoms with Gasteiger partial charge in [0.1, 0.15) is 6.10 Å². The van der Waals surface area contributed by atoms with Gasteiger partial charge in [-0.1, -0.05) is 0 Å². The lowest BCUT2D eigenvalue weighted by atomic mass is 9.87. The summed E-state index contributed by atoms with van der Waals surface area (Å²) in [6.07, 6.45) is -4.59. The van der Waals surface area contributed by atoms with Crippen molar-refractivity contribution in [3.63, 3.8) is 0 Å². The fourth-order valence-corrected chi connectivity index (χ4v) is 1.62. The van der Waals surface area contributed by atoms with Gasteiger partial charge in [0.25, 0.3) is 0 Å². The van der Waals surface area contributed by atoms with Gasteiger partial charge in [-0.05, 0) is 6.92 Å². The SMILES string of the molecule is CC1OC(O)C(O)C(O)C1CC(N)=O. The van der Waals surface area contributed by atoms with Gasteiger partial charge in [-0.2, -0.15) is 0 Å². The Hall–Kier alpha value is -0.690. The Bertz CT molecular complexity index is 222. The van der Waals surface area contributed by atoms with Gasteiger partial charge < -0.3 is 25.8 Å². The summed E-state index contributed by atoms with van der Waals surface area (Å²) in [5.74, 6) is -1.15. The van der Waals surface area contributed by atoms with Crippen LogP contribution in [0.25, 0.3) is 0 Å². The van der Waals surface area contributed by atoms with Crippen LogP contribution in [0.2, 0.25) is 0 Å². The number of hydrogen-bond donors (Lipinski definition) is 4. The first-order valence-electron chi connectivity index (χ1n) is 4.41. The minimum atomic E-state index is -1.41. The maximum Gasteiger partial charge on any atom is 0.217 e. The van der Waals surface area contributed by atoms with E-state index in [9.17, 15) is 15.0 Å². The van der Waals surface area contributed by atoms with Crippen molar-refractivity contribution in [2.75, 3.05) is 0 Å². The van der Waals surface area contributed by atoms with Crippen LogP contribution in [-0.2, 0) is 9.53 Å². The number of hydrogen-bond acceptors (Lipinski definition) is 5. The molecular formula is C8H15NO5. The van der Waals surface area contributed by atoms with E-state index in [1.165, 1.54) is 0 Å². The Kier molecular flexibility index (Phi) is 3.43. The van der Waals surface area contributed by atoms with Gasteiger partial charge in [-0.3, -0.25) is 4.79 Å². The molecule has 0 spiro atoms. The molecule has 1 heterocycles. The predicted octanol–water partition coefficient (Wildman–Crippen LogP) is -2.06. The average molecular weight is 205 g/mol. The highest BCUT2D eigenvalue weighted by molar-refractivity contribution is 5.74. The number of aliphatic hydroxyl groups excluding tert-OH is 3. The van der Waals surface area contributed by atoms with Crippen LogP contribution >= 0.6 is 0 Å². The molecule has 0 saturated carbocycles. The number of rotatable bonds is 2. The minimum absolute atomic E-state index is 0.0773. The Balaban J connectivity index is 2.68. The number of carbonyl (C=O) groups is 1. The Morgan fingerprint density at radius 1 is 1.36 bits per heavy atom. The second-order valence-electron chi connectivity index (χ2n) is 3.55. The van der Waals surface area contributed by atoms with E-state index in [-0.39, 0.29) is 6.42 Å². The van der Waals surface area contributed by atoms with Crippen molar-refractivity contribution in [2.45, 2.75) is 37.9 Å². The van der Waals surface area contributed by atoms with Gasteiger partial charge in [-0.25, -0.2) is 0 Å². The summed E-state index contributed by atoms with van der Waals surface area (Å²) < 4.78 is 4.92. The van der Waals surface area contributed by atoms with Gasteiger partial charge in [0.05, 0.1) is 12.2 Å². The normalized spacial score (nSPS) is 43.6. The van der Waals surface area contributed by atoms with Crippen molar-refractivity contribution in [3.05, 3.63) is 0 Å². The maximum atomic E-state index is 10.7. The van der Waals surface area contributed by atoms with Crippen molar-refractivity contribution in [3.8, 4) is 0 Å². The summed E-state index contributed by atoms with van der Waals surface area (Å²) in [6, 6.07) is 0. The molecule has 0 aromatic rings. The number of aliphatic hydroxyl groups is 3. The fourth-order valence-electron chi connectivity index (χ4n) is 1.62. The number of primary amides is 1. The van der Waals surface area contributed by atoms with E-state index in [2.05, 4.69) is 0 Å². The van der Waals surface area contributed by atoms with E-state index < -0.39 is 36.4 Å². The fraction of sp³-hybridized carbons (Fsp3) is 0.875. The van der Waals surface area contributed by atoms with Crippen LogP contribution in [0.5, 0.6) is 0 Å². The molecule has 0 radical (unpaired) electrons. The molecule has 1 aliphatic heterocycles. The first kappa shape index (κ1) is 11.4. The molecule has 1 aliphatic rings. The lowest BCUT2D eigenvalue weighted by Crippen LogP contribution is -2.54. The topological polar surface area (TPSA) is 113 Å². The van der Waals surface area contributed by atoms with E-state index in [0.717, 1.165) is 0 Å². The number of ether oxygens (including phenoxy) is 1. The van der Waals surface area contributed by atoms with E-state index in [4.69, 9.17) is 15.6 Å². The highest BCUT2D eigenvalue weighted by Crippen LogP contribution is 2.27. The van der Waals surface area contributed by atoms with Crippen LogP contribution in [0.4, 0.5) is 0 Å². The molecule has 1 rings (SSSR count). The number of amides is 1. The Morgan fingerprint density at radius 3 is 2.43 bits per heavy atom. The van der Waals surface area contributed by atoms with Gasteiger partial charge in [0, 0.05) is 12.3 Å². The second kappa shape index (κ2) is 4.22. The van der Waals surface area contributed by atoms with Crippen LogP contribution in [-0.4, -0.2) is 45.8 Å². The summed E-state index contributed by atoms with van der Waals surface area (Å²) >= 11 is 0. The standard InChI is InChI=1S/C8H15NO5/c1-3-4(2-5(9)10)6(11)7(12)8(13)14-3/h3-4,6-8,11-13H,2H2,1H3,(H2,9,10).